The molecule has 0 spiro atoms. The molecule has 0 unspecified atom stereocenters. The van der Waals surface area contributed by atoms with Gasteiger partial charge in [0.1, 0.15) is 6.04 Å². The number of methoxy groups -OCH3 is 2. The molecule has 0 saturated carbocycles. The van der Waals surface area contributed by atoms with E-state index in [1.807, 2.05) is 12.1 Å². The number of nitrogens with two attached hydrogens (primary N) is 1. The van der Waals surface area contributed by atoms with Crippen LogP contribution >= 0.6 is 12.4 Å². The summed E-state index contributed by atoms with van der Waals surface area (Å²) in [6.07, 6.45) is 1.85. The van der Waals surface area contributed by atoms with Crippen LogP contribution in [0.5, 0.6) is 0 Å². The zero-order valence-electron chi connectivity index (χ0n) is 12.6. The molecule has 0 radical (unpaired) electrons. The minimum atomic E-state index is -0.701. The van der Waals surface area contributed by atoms with Gasteiger partial charge in [-0.25, -0.2) is 9.48 Å². The highest BCUT2D eigenvalue weighted by atomic mass is 35.5. The standard InChI is InChI=1S/C14H16N4O4.ClH/c1-21-13(19)11(15)7-9-3-5-10(6-4-9)18-8-12(16-17-18)14(20)22-2;/h3-6,8,11H,7,15H2,1-2H3;1H/t11-;/m0./s1. The predicted octanol–water partition coefficient (Wildman–Crippen LogP) is 0.518. The predicted molar refractivity (Wildman–Crippen MR) is 83.6 cm³/mol. The van der Waals surface area contributed by atoms with Crippen LogP contribution in [-0.4, -0.2) is 47.2 Å². The van der Waals surface area contributed by atoms with Crippen LogP contribution in [0.2, 0.25) is 0 Å². The van der Waals surface area contributed by atoms with Crippen molar-refractivity contribution < 1.29 is 19.1 Å². The van der Waals surface area contributed by atoms with Crippen molar-refractivity contribution in [1.82, 2.24) is 15.0 Å². The van der Waals surface area contributed by atoms with E-state index in [-0.39, 0.29) is 18.1 Å². The topological polar surface area (TPSA) is 109 Å². The maximum absolute atomic E-state index is 11.3. The monoisotopic (exact) mass is 340 g/mol. The Kier molecular flexibility index (Phi) is 6.67. The quantitative estimate of drug-likeness (QED) is 0.790. The highest BCUT2D eigenvalue weighted by Gasteiger charge is 2.15. The number of hydrogen-bond acceptors (Lipinski definition) is 7. The fourth-order valence-electron chi connectivity index (χ4n) is 1.86. The van der Waals surface area contributed by atoms with Gasteiger partial charge in [-0.2, -0.15) is 0 Å². The lowest BCUT2D eigenvalue weighted by atomic mass is 10.1. The van der Waals surface area contributed by atoms with Gasteiger partial charge in [0.05, 0.1) is 26.1 Å². The summed E-state index contributed by atoms with van der Waals surface area (Å²) < 4.78 is 10.6. The van der Waals surface area contributed by atoms with Crippen LogP contribution < -0.4 is 5.73 Å². The van der Waals surface area contributed by atoms with E-state index >= 15 is 0 Å². The van der Waals surface area contributed by atoms with Crippen LogP contribution in [0.25, 0.3) is 5.69 Å². The highest BCUT2D eigenvalue weighted by molar-refractivity contribution is 5.86. The number of carbonyl (C=O) groups excluding carboxylic acids is 2. The summed E-state index contributed by atoms with van der Waals surface area (Å²) in [5, 5.41) is 7.58. The average Bonchev–Trinajstić information content (AvgIpc) is 3.03. The Morgan fingerprint density at radius 2 is 1.87 bits per heavy atom. The Bertz CT molecular complexity index is 672. The third-order valence-electron chi connectivity index (χ3n) is 3.05. The first-order chi connectivity index (χ1) is 10.5. The van der Waals surface area contributed by atoms with Crippen molar-refractivity contribution in [2.24, 2.45) is 5.73 Å². The van der Waals surface area contributed by atoms with Gasteiger partial charge < -0.3 is 15.2 Å². The largest absolute Gasteiger partial charge is 0.468 e. The third kappa shape index (κ3) is 4.51. The van der Waals surface area contributed by atoms with Crippen LogP contribution in [0.1, 0.15) is 16.1 Å². The van der Waals surface area contributed by atoms with Crippen molar-refractivity contribution >= 4 is 24.3 Å². The van der Waals surface area contributed by atoms with Gasteiger partial charge in [-0.05, 0) is 24.1 Å². The van der Waals surface area contributed by atoms with Gasteiger partial charge in [0, 0.05) is 0 Å². The number of rotatable bonds is 5. The number of carbonyl (C=O) groups is 2. The molecular weight excluding hydrogens is 324 g/mol. The molecule has 9 heteroatoms. The van der Waals surface area contributed by atoms with E-state index in [1.165, 1.54) is 25.1 Å². The van der Waals surface area contributed by atoms with Crippen molar-refractivity contribution in [3.63, 3.8) is 0 Å². The highest BCUT2D eigenvalue weighted by Crippen LogP contribution is 2.11. The first-order valence-electron chi connectivity index (χ1n) is 6.48. The zero-order chi connectivity index (χ0) is 16.1. The molecule has 0 aliphatic heterocycles. The minimum absolute atomic E-state index is 0. The number of halogens is 1. The van der Waals surface area contributed by atoms with Gasteiger partial charge in [-0.15, -0.1) is 17.5 Å². The van der Waals surface area contributed by atoms with Gasteiger partial charge in [-0.1, -0.05) is 17.3 Å². The molecule has 1 heterocycles. The molecular formula is C14H17ClN4O4. The van der Waals surface area contributed by atoms with Crippen molar-refractivity contribution in [3.05, 3.63) is 41.7 Å². The van der Waals surface area contributed by atoms with Crippen molar-refractivity contribution in [2.45, 2.75) is 12.5 Å². The van der Waals surface area contributed by atoms with E-state index in [2.05, 4.69) is 19.8 Å². The van der Waals surface area contributed by atoms with Crippen molar-refractivity contribution in [2.75, 3.05) is 14.2 Å². The zero-order valence-corrected chi connectivity index (χ0v) is 13.4. The molecule has 0 bridgehead atoms. The fourth-order valence-corrected chi connectivity index (χ4v) is 1.86. The Hall–Kier alpha value is -2.45. The van der Waals surface area contributed by atoms with Crippen molar-refractivity contribution in [3.8, 4) is 5.69 Å². The lowest BCUT2D eigenvalue weighted by Crippen LogP contribution is -2.33. The van der Waals surface area contributed by atoms with E-state index in [0.29, 0.717) is 6.42 Å². The molecule has 23 heavy (non-hydrogen) atoms. The maximum atomic E-state index is 11.3. The van der Waals surface area contributed by atoms with Crippen LogP contribution in [-0.2, 0) is 20.7 Å². The Balaban J connectivity index is 0.00000264. The summed E-state index contributed by atoms with van der Waals surface area (Å²) in [5.41, 5.74) is 7.44. The van der Waals surface area contributed by atoms with Gasteiger partial charge in [0.25, 0.3) is 0 Å². The van der Waals surface area contributed by atoms with E-state index < -0.39 is 18.0 Å². The number of esters is 2. The van der Waals surface area contributed by atoms with Crippen molar-refractivity contribution in [1.29, 1.82) is 0 Å². The molecule has 1 aromatic heterocycles. The fraction of sp³-hybridized carbons (Fsp3) is 0.286. The molecule has 0 aliphatic rings. The summed E-state index contributed by atoms with van der Waals surface area (Å²) in [4.78, 5) is 22.6. The molecule has 0 aliphatic carbocycles. The molecule has 2 N–H and O–H groups in total. The molecule has 1 aromatic carbocycles. The molecule has 124 valence electrons. The van der Waals surface area contributed by atoms with Gasteiger partial charge in [0.15, 0.2) is 5.69 Å². The van der Waals surface area contributed by atoms with Gasteiger partial charge in [0.2, 0.25) is 0 Å². The lowest BCUT2D eigenvalue weighted by Gasteiger charge is -2.09. The molecule has 8 nitrogen and oxygen atoms in total. The molecule has 2 aromatic rings. The summed E-state index contributed by atoms with van der Waals surface area (Å²) in [7, 11) is 2.58. The number of hydrogen-bond donors (Lipinski definition) is 1. The molecule has 0 amide bonds. The smallest absolute Gasteiger partial charge is 0.360 e. The van der Waals surface area contributed by atoms with Crippen LogP contribution in [0.3, 0.4) is 0 Å². The summed E-state index contributed by atoms with van der Waals surface area (Å²) in [5.74, 6) is -1.00. The summed E-state index contributed by atoms with van der Waals surface area (Å²) in [6.45, 7) is 0. The Morgan fingerprint density at radius 3 is 2.43 bits per heavy atom. The second-order valence-corrected chi connectivity index (χ2v) is 4.54. The molecule has 0 fully saturated rings. The second-order valence-electron chi connectivity index (χ2n) is 4.54. The molecule has 2 rings (SSSR count). The molecule has 1 atom stereocenters. The van der Waals surface area contributed by atoms with Crippen LogP contribution in [0.15, 0.2) is 30.5 Å². The van der Waals surface area contributed by atoms with E-state index in [0.717, 1.165) is 11.3 Å². The normalized spacial score (nSPS) is 11.3. The number of benzene rings is 1. The van der Waals surface area contributed by atoms with Gasteiger partial charge >= 0.3 is 11.9 Å². The first-order valence-corrected chi connectivity index (χ1v) is 6.48. The summed E-state index contributed by atoms with van der Waals surface area (Å²) >= 11 is 0. The van der Waals surface area contributed by atoms with E-state index in [9.17, 15) is 9.59 Å². The minimum Gasteiger partial charge on any atom is -0.468 e. The lowest BCUT2D eigenvalue weighted by molar-refractivity contribution is -0.142. The number of ether oxygens (including phenoxy) is 2. The first kappa shape index (κ1) is 18.6. The average molecular weight is 341 g/mol. The van der Waals surface area contributed by atoms with Gasteiger partial charge in [-0.3, -0.25) is 4.79 Å². The van der Waals surface area contributed by atoms with Crippen LogP contribution in [0, 0.1) is 0 Å². The Labute approximate surface area is 139 Å². The molecule has 0 saturated heterocycles. The Morgan fingerprint density at radius 1 is 1.22 bits per heavy atom. The SMILES string of the molecule is COC(=O)c1cn(-c2ccc(C[C@H](N)C(=O)OC)cc2)nn1.Cl. The number of nitrogens with zero attached hydrogens (tertiary/aromatic N) is 3. The second kappa shape index (κ2) is 8.25. The third-order valence-corrected chi connectivity index (χ3v) is 3.05. The van der Waals surface area contributed by atoms with E-state index in [4.69, 9.17) is 5.73 Å². The number of aromatic nitrogens is 3. The maximum Gasteiger partial charge on any atom is 0.360 e. The van der Waals surface area contributed by atoms with E-state index in [1.54, 1.807) is 12.1 Å². The van der Waals surface area contributed by atoms with Crippen LogP contribution in [0.4, 0.5) is 0 Å². The summed E-state index contributed by atoms with van der Waals surface area (Å²) in [6, 6.07) is 6.51.